The van der Waals surface area contributed by atoms with E-state index in [-0.39, 0.29) is 0 Å². The number of hydrogen-bond donors (Lipinski definition) is 3. The van der Waals surface area contributed by atoms with E-state index in [9.17, 15) is 4.79 Å². The minimum Gasteiger partial charge on any atom is -0.361 e. The van der Waals surface area contributed by atoms with E-state index in [1.165, 1.54) is 7.05 Å². The lowest BCUT2D eigenvalue weighted by Crippen LogP contribution is -2.23. The molecule has 2 rings (SSSR count). The summed E-state index contributed by atoms with van der Waals surface area (Å²) in [5.74, 6) is 0. The minimum atomic E-state index is -0.408. The second-order valence-electron chi connectivity index (χ2n) is 3.36. The monoisotopic (exact) mass is 219 g/mol. The van der Waals surface area contributed by atoms with Crippen LogP contribution in [0.1, 0.15) is 5.56 Å². The molecule has 16 heavy (non-hydrogen) atoms. The van der Waals surface area contributed by atoms with Crippen LogP contribution in [0.5, 0.6) is 0 Å². The molecule has 0 amide bonds. The number of fused-ring (bicyclic) bond motifs is 1. The summed E-state index contributed by atoms with van der Waals surface area (Å²) in [5.41, 5.74) is 12.3. The average Bonchev–Trinajstić information content (AvgIpc) is 2.75. The van der Waals surface area contributed by atoms with Gasteiger partial charge in [0.2, 0.25) is 0 Å². The van der Waals surface area contributed by atoms with Crippen LogP contribution in [0.15, 0.2) is 30.5 Å². The van der Waals surface area contributed by atoms with Crippen molar-refractivity contribution >= 4 is 17.2 Å². The van der Waals surface area contributed by atoms with Gasteiger partial charge < -0.3 is 21.2 Å². The number of aldehydes is 1. The number of para-hydroxylation sites is 1. The standard InChI is InChI=1S/C11H12N2O.CH5N/c12-9(7-14)5-8-6-13-11-4-2-1-3-10(8)11;1-2/h1-4,6-7,9,13H,5,12H2;2H2,1H3/t9-;/m1./s1. The van der Waals surface area contributed by atoms with E-state index in [0.29, 0.717) is 6.42 Å². The molecule has 2 aromatic rings. The molecule has 0 fully saturated rings. The van der Waals surface area contributed by atoms with Gasteiger partial charge in [-0.1, -0.05) is 18.2 Å². The van der Waals surface area contributed by atoms with Crippen LogP contribution in [0.3, 0.4) is 0 Å². The number of nitrogens with two attached hydrogens (primary N) is 2. The summed E-state index contributed by atoms with van der Waals surface area (Å²) in [4.78, 5) is 13.6. The summed E-state index contributed by atoms with van der Waals surface area (Å²) in [6.07, 6.45) is 3.28. The molecule has 4 nitrogen and oxygen atoms in total. The minimum absolute atomic E-state index is 0.408. The number of aromatic nitrogens is 1. The van der Waals surface area contributed by atoms with E-state index in [1.807, 2.05) is 30.5 Å². The van der Waals surface area contributed by atoms with Crippen molar-refractivity contribution in [2.75, 3.05) is 7.05 Å². The second kappa shape index (κ2) is 6.05. The summed E-state index contributed by atoms with van der Waals surface area (Å²) in [6, 6.07) is 7.58. The molecule has 0 aliphatic heterocycles. The number of aromatic amines is 1. The first kappa shape index (κ1) is 12.4. The topological polar surface area (TPSA) is 84.9 Å². The molecular weight excluding hydrogens is 202 g/mol. The van der Waals surface area contributed by atoms with Crippen LogP contribution in [0.4, 0.5) is 0 Å². The fourth-order valence-electron chi connectivity index (χ4n) is 1.60. The third-order valence-electron chi connectivity index (χ3n) is 2.31. The van der Waals surface area contributed by atoms with Crippen LogP contribution < -0.4 is 11.5 Å². The number of benzene rings is 1. The van der Waals surface area contributed by atoms with Gasteiger partial charge in [0.05, 0.1) is 6.04 Å². The molecular formula is C12H17N3O. The summed E-state index contributed by atoms with van der Waals surface area (Å²) >= 11 is 0. The highest BCUT2D eigenvalue weighted by Gasteiger charge is 2.06. The van der Waals surface area contributed by atoms with Gasteiger partial charge >= 0.3 is 0 Å². The predicted octanol–water partition coefficient (Wildman–Crippen LogP) is 0.812. The van der Waals surface area contributed by atoms with Crippen LogP contribution >= 0.6 is 0 Å². The maximum absolute atomic E-state index is 10.4. The fraction of sp³-hybridized carbons (Fsp3) is 0.250. The first-order valence-corrected chi connectivity index (χ1v) is 5.15. The highest BCUT2D eigenvalue weighted by atomic mass is 16.1. The highest BCUT2D eigenvalue weighted by molar-refractivity contribution is 5.83. The molecule has 1 aromatic carbocycles. The van der Waals surface area contributed by atoms with Crippen LogP contribution in [-0.4, -0.2) is 24.4 Å². The molecule has 0 aliphatic carbocycles. The quantitative estimate of drug-likeness (QED) is 0.668. The van der Waals surface area contributed by atoms with E-state index >= 15 is 0 Å². The molecule has 1 heterocycles. The van der Waals surface area contributed by atoms with Crippen LogP contribution in [0, 0.1) is 0 Å². The van der Waals surface area contributed by atoms with Crippen LogP contribution in [0.25, 0.3) is 10.9 Å². The first-order valence-electron chi connectivity index (χ1n) is 5.15. The SMILES string of the molecule is CN.N[C@@H](C=O)Cc1c[nH]c2ccccc12. The molecule has 5 N–H and O–H groups in total. The van der Waals surface area contributed by atoms with Crippen molar-refractivity contribution in [2.45, 2.75) is 12.5 Å². The fourth-order valence-corrected chi connectivity index (χ4v) is 1.60. The Balaban J connectivity index is 0.000000606. The predicted molar refractivity (Wildman–Crippen MR) is 66.2 cm³/mol. The lowest BCUT2D eigenvalue weighted by Gasteiger charge is -2.01. The maximum Gasteiger partial charge on any atom is 0.137 e. The average molecular weight is 219 g/mol. The Kier molecular flexibility index (Phi) is 4.69. The Bertz CT molecular complexity index is 450. The lowest BCUT2D eigenvalue weighted by atomic mass is 10.1. The van der Waals surface area contributed by atoms with Gasteiger partial charge in [0, 0.05) is 17.1 Å². The molecule has 4 heteroatoms. The van der Waals surface area contributed by atoms with Crippen molar-refractivity contribution in [3.05, 3.63) is 36.0 Å². The number of nitrogens with one attached hydrogen (secondary N) is 1. The number of hydrogen-bond acceptors (Lipinski definition) is 3. The van der Waals surface area contributed by atoms with Crippen molar-refractivity contribution in [1.82, 2.24) is 4.98 Å². The van der Waals surface area contributed by atoms with E-state index < -0.39 is 6.04 Å². The summed E-state index contributed by atoms with van der Waals surface area (Å²) in [6.45, 7) is 0. The number of H-pyrrole nitrogens is 1. The number of carbonyl (C=O) groups excluding carboxylic acids is 1. The summed E-state index contributed by atoms with van der Waals surface area (Å²) in [5, 5.41) is 1.14. The summed E-state index contributed by atoms with van der Waals surface area (Å²) in [7, 11) is 1.50. The third kappa shape index (κ3) is 2.68. The van der Waals surface area contributed by atoms with E-state index in [1.54, 1.807) is 0 Å². The van der Waals surface area contributed by atoms with Crippen molar-refractivity contribution in [1.29, 1.82) is 0 Å². The maximum atomic E-state index is 10.4. The molecule has 0 bridgehead atoms. The van der Waals surface area contributed by atoms with Gasteiger partial charge in [0.25, 0.3) is 0 Å². The Morgan fingerprint density at radius 3 is 2.75 bits per heavy atom. The smallest absolute Gasteiger partial charge is 0.137 e. The molecule has 0 unspecified atom stereocenters. The van der Waals surface area contributed by atoms with Gasteiger partial charge in [0.15, 0.2) is 0 Å². The van der Waals surface area contributed by atoms with Gasteiger partial charge in [-0.3, -0.25) is 0 Å². The zero-order valence-corrected chi connectivity index (χ0v) is 9.31. The largest absolute Gasteiger partial charge is 0.361 e. The van der Waals surface area contributed by atoms with Crippen LogP contribution in [-0.2, 0) is 11.2 Å². The van der Waals surface area contributed by atoms with Gasteiger partial charge in [-0.2, -0.15) is 0 Å². The molecule has 0 saturated carbocycles. The Labute approximate surface area is 94.6 Å². The van der Waals surface area contributed by atoms with E-state index in [2.05, 4.69) is 10.7 Å². The van der Waals surface area contributed by atoms with E-state index in [0.717, 1.165) is 22.8 Å². The lowest BCUT2D eigenvalue weighted by molar-refractivity contribution is -0.108. The Morgan fingerprint density at radius 2 is 2.06 bits per heavy atom. The number of rotatable bonds is 3. The Hall–Kier alpha value is -1.65. The molecule has 0 saturated heterocycles. The highest BCUT2D eigenvalue weighted by Crippen LogP contribution is 2.18. The molecule has 86 valence electrons. The summed E-state index contributed by atoms with van der Waals surface area (Å²) < 4.78 is 0. The zero-order chi connectivity index (χ0) is 12.0. The molecule has 0 aliphatic rings. The van der Waals surface area contributed by atoms with Crippen molar-refractivity contribution in [2.24, 2.45) is 11.5 Å². The first-order chi connectivity index (χ1) is 7.81. The number of carbonyl (C=O) groups is 1. The second-order valence-corrected chi connectivity index (χ2v) is 3.36. The van der Waals surface area contributed by atoms with Gasteiger partial charge in [0.1, 0.15) is 6.29 Å². The van der Waals surface area contributed by atoms with Crippen molar-refractivity contribution < 1.29 is 4.79 Å². The van der Waals surface area contributed by atoms with Crippen molar-refractivity contribution in [3.63, 3.8) is 0 Å². The Morgan fingerprint density at radius 1 is 1.38 bits per heavy atom. The molecule has 0 spiro atoms. The van der Waals surface area contributed by atoms with Gasteiger partial charge in [-0.15, -0.1) is 0 Å². The van der Waals surface area contributed by atoms with Gasteiger partial charge in [-0.05, 0) is 25.1 Å². The zero-order valence-electron chi connectivity index (χ0n) is 9.31. The molecule has 1 atom stereocenters. The molecule has 1 aromatic heterocycles. The van der Waals surface area contributed by atoms with Gasteiger partial charge in [-0.25, -0.2) is 0 Å². The van der Waals surface area contributed by atoms with Crippen molar-refractivity contribution in [3.8, 4) is 0 Å². The van der Waals surface area contributed by atoms with E-state index in [4.69, 9.17) is 5.73 Å². The third-order valence-corrected chi connectivity index (χ3v) is 2.31. The normalized spacial score (nSPS) is 11.7. The molecule has 0 radical (unpaired) electrons. The van der Waals surface area contributed by atoms with Crippen LogP contribution in [0.2, 0.25) is 0 Å².